The minimum absolute atomic E-state index is 0. The molecule has 0 radical (unpaired) electrons. The van der Waals surface area contributed by atoms with Crippen LogP contribution in [-0.2, 0) is 19.6 Å². The van der Waals surface area contributed by atoms with E-state index in [1.54, 1.807) is 0 Å². The first-order chi connectivity index (χ1) is 6.33. The predicted octanol–water partition coefficient (Wildman–Crippen LogP) is -2.56. The minimum atomic E-state index is -4.15. The third kappa shape index (κ3) is 12.7. The average Bonchev–Trinajstić information content (AvgIpc) is 2.01. The van der Waals surface area contributed by atoms with Crippen LogP contribution in [0.3, 0.4) is 0 Å². The van der Waals surface area contributed by atoms with E-state index in [1.165, 1.54) is 6.92 Å². The van der Waals surface area contributed by atoms with E-state index in [2.05, 4.69) is 11.3 Å². The molecule has 0 N–H and O–H groups in total. The Morgan fingerprint density at radius 2 is 1.93 bits per heavy atom. The topological polar surface area (TPSA) is 83.5 Å². The number of carbonyl (C=O) groups is 1. The molecule has 82 valence electrons. The number of unbranched alkanes of at least 4 members (excludes halogenated alkanes) is 1. The second-order valence-electron chi connectivity index (χ2n) is 2.89. The molecule has 0 heterocycles. The Morgan fingerprint density at radius 3 is 2.33 bits per heavy atom. The maximum atomic E-state index is 10.8. The average molecular weight is 260 g/mol. The van der Waals surface area contributed by atoms with Crippen molar-refractivity contribution in [1.82, 2.24) is 0 Å². The second kappa shape index (κ2) is 8.86. The zero-order chi connectivity index (χ0) is 11.2. The molecule has 0 aromatic carbocycles. The van der Waals surface area contributed by atoms with Gasteiger partial charge in [0.15, 0.2) is 0 Å². The molecule has 0 aliphatic carbocycles. The maximum absolute atomic E-state index is 10.8. The summed E-state index contributed by atoms with van der Waals surface area (Å²) in [7, 11) is -4.15. The molecule has 0 aliphatic heterocycles. The summed E-state index contributed by atoms with van der Waals surface area (Å²) in [5.41, 5.74) is 0.293. The van der Waals surface area contributed by atoms with Crippen molar-refractivity contribution in [1.29, 1.82) is 0 Å². The normalized spacial score (nSPS) is 10.3. The molecule has 0 aliphatic rings. The quantitative estimate of drug-likeness (QED) is 0.172. The van der Waals surface area contributed by atoms with Crippen molar-refractivity contribution in [2.75, 3.05) is 12.4 Å². The Morgan fingerprint density at radius 1 is 1.40 bits per heavy atom. The molecule has 0 atom stereocenters. The maximum Gasteiger partial charge on any atom is 1.00 e. The summed E-state index contributed by atoms with van der Waals surface area (Å²) in [4.78, 5) is 10.8. The largest absolute Gasteiger partial charge is 1.00 e. The molecule has 5 nitrogen and oxygen atoms in total. The summed E-state index contributed by atoms with van der Waals surface area (Å²) < 4.78 is 35.2. The molecule has 0 saturated carbocycles. The van der Waals surface area contributed by atoms with Crippen molar-refractivity contribution in [3.8, 4) is 0 Å². The van der Waals surface area contributed by atoms with E-state index in [9.17, 15) is 17.8 Å². The third-order valence-electron chi connectivity index (χ3n) is 1.37. The summed E-state index contributed by atoms with van der Waals surface area (Å²) in [6.45, 7) is 5.00. The molecule has 7 heteroatoms. The van der Waals surface area contributed by atoms with Gasteiger partial charge in [-0.15, -0.1) is 0 Å². The zero-order valence-electron chi connectivity index (χ0n) is 8.99. The van der Waals surface area contributed by atoms with Gasteiger partial charge in [-0.05, 0) is 19.8 Å². The van der Waals surface area contributed by atoms with Crippen molar-refractivity contribution in [2.24, 2.45) is 0 Å². The number of hydrogen-bond donors (Lipinski definition) is 0. The van der Waals surface area contributed by atoms with Crippen LogP contribution < -0.4 is 51.4 Å². The predicted molar refractivity (Wildman–Crippen MR) is 49.6 cm³/mol. The molecule has 0 bridgehead atoms. The molecule has 0 spiro atoms. The minimum Gasteiger partial charge on any atom is -0.748 e. The molecule has 0 amide bonds. The van der Waals surface area contributed by atoms with Crippen molar-refractivity contribution in [3.05, 3.63) is 12.2 Å². The summed E-state index contributed by atoms with van der Waals surface area (Å²) in [6.07, 6.45) is 0.565. The molecular weight excluding hydrogens is 247 g/mol. The number of carbonyl (C=O) groups excluding carboxylic acids is 1. The number of ether oxygens (including phenoxy) is 1. The van der Waals surface area contributed by atoms with E-state index in [-0.39, 0.29) is 64.4 Å². The zero-order valence-corrected chi connectivity index (χ0v) is 12.9. The van der Waals surface area contributed by atoms with Gasteiger partial charge in [0.1, 0.15) is 0 Å². The van der Waals surface area contributed by atoms with Crippen molar-refractivity contribution >= 4 is 16.1 Å². The van der Waals surface area contributed by atoms with Gasteiger partial charge in [-0.3, -0.25) is 0 Å². The Hall–Kier alpha value is 0.756. The van der Waals surface area contributed by atoms with E-state index in [0.717, 1.165) is 0 Å². The first kappa shape index (κ1) is 18.1. The van der Waals surface area contributed by atoms with Crippen LogP contribution in [0.2, 0.25) is 0 Å². The smallest absolute Gasteiger partial charge is 0.748 e. The Bertz CT molecular complexity index is 309. The van der Waals surface area contributed by atoms with Crippen molar-refractivity contribution < 1.29 is 73.9 Å². The second-order valence-corrected chi connectivity index (χ2v) is 4.41. The van der Waals surface area contributed by atoms with Gasteiger partial charge in [0.2, 0.25) is 0 Å². The molecular formula is C8H13KO5S. The standard InChI is InChI=1S/C8H14O5S.K/c1-7(2)8(9)13-5-3-4-6-14(10,11)12;/h1,3-6H2,2H3,(H,10,11,12);/q;+1/p-1. The Labute approximate surface area is 132 Å². The van der Waals surface area contributed by atoms with Crippen LogP contribution in [0.4, 0.5) is 0 Å². The SMILES string of the molecule is C=C(C)C(=O)OCCCCS(=O)(=O)[O-].[K+]. The fourth-order valence-corrected chi connectivity index (χ4v) is 1.23. The summed E-state index contributed by atoms with van der Waals surface area (Å²) >= 11 is 0. The van der Waals surface area contributed by atoms with Crippen LogP contribution in [0.1, 0.15) is 19.8 Å². The van der Waals surface area contributed by atoms with Crippen molar-refractivity contribution in [2.45, 2.75) is 19.8 Å². The van der Waals surface area contributed by atoms with Gasteiger partial charge in [-0.2, -0.15) is 0 Å². The van der Waals surface area contributed by atoms with Gasteiger partial charge >= 0.3 is 57.4 Å². The first-order valence-electron chi connectivity index (χ1n) is 4.09. The van der Waals surface area contributed by atoms with E-state index < -0.39 is 21.8 Å². The third-order valence-corrected chi connectivity index (χ3v) is 2.16. The van der Waals surface area contributed by atoms with E-state index in [0.29, 0.717) is 12.0 Å². The Balaban J connectivity index is 0. The van der Waals surface area contributed by atoms with Gasteiger partial charge < -0.3 is 9.29 Å². The van der Waals surface area contributed by atoms with Crippen molar-refractivity contribution in [3.63, 3.8) is 0 Å². The molecule has 0 aromatic heterocycles. The first-order valence-corrected chi connectivity index (χ1v) is 5.67. The van der Waals surface area contributed by atoms with E-state index >= 15 is 0 Å². The summed E-state index contributed by atoms with van der Waals surface area (Å²) in [5, 5.41) is 0. The fraction of sp³-hybridized carbons (Fsp3) is 0.625. The molecule has 0 unspecified atom stereocenters. The van der Waals surface area contributed by atoms with Crippen LogP contribution in [0.25, 0.3) is 0 Å². The molecule has 15 heavy (non-hydrogen) atoms. The summed E-state index contributed by atoms with van der Waals surface area (Å²) in [6, 6.07) is 0. The fourth-order valence-electron chi connectivity index (χ4n) is 0.669. The number of hydrogen-bond acceptors (Lipinski definition) is 5. The van der Waals surface area contributed by atoms with E-state index in [1.807, 2.05) is 0 Å². The van der Waals surface area contributed by atoms with Gasteiger partial charge in [0.05, 0.1) is 16.7 Å². The van der Waals surface area contributed by atoms with Crippen LogP contribution in [0.15, 0.2) is 12.2 Å². The summed E-state index contributed by atoms with van der Waals surface area (Å²) in [5.74, 6) is -0.924. The van der Waals surface area contributed by atoms with Crippen LogP contribution in [0, 0.1) is 0 Å². The number of esters is 1. The van der Waals surface area contributed by atoms with E-state index in [4.69, 9.17) is 0 Å². The molecule has 0 rings (SSSR count). The molecule has 0 fully saturated rings. The monoisotopic (exact) mass is 260 g/mol. The van der Waals surface area contributed by atoms with Crippen LogP contribution >= 0.6 is 0 Å². The number of rotatable bonds is 6. The van der Waals surface area contributed by atoms with Gasteiger partial charge in [-0.25, -0.2) is 13.2 Å². The molecule has 0 saturated heterocycles. The van der Waals surface area contributed by atoms with Gasteiger partial charge in [0.25, 0.3) is 0 Å². The Kier molecular flexibility index (Phi) is 10.7. The molecule has 0 aromatic rings. The van der Waals surface area contributed by atoms with Crippen LogP contribution in [0.5, 0.6) is 0 Å². The van der Waals surface area contributed by atoms with Gasteiger partial charge in [0, 0.05) is 11.3 Å². The van der Waals surface area contributed by atoms with Gasteiger partial charge in [-0.1, -0.05) is 6.58 Å². The van der Waals surface area contributed by atoms with Crippen LogP contribution in [-0.4, -0.2) is 31.3 Å².